The number of rotatable bonds is 5. The molecule has 0 fully saturated rings. The van der Waals surface area contributed by atoms with E-state index in [9.17, 15) is 4.39 Å². The summed E-state index contributed by atoms with van der Waals surface area (Å²) >= 11 is 1.58. The second-order valence-electron chi connectivity index (χ2n) is 7.87. The molecule has 0 saturated carbocycles. The molecule has 138 valence electrons. The average molecular weight is 370 g/mol. The molecule has 3 rings (SSSR count). The highest BCUT2D eigenvalue weighted by Crippen LogP contribution is 2.40. The van der Waals surface area contributed by atoms with Crippen LogP contribution in [0, 0.1) is 5.41 Å². The normalized spacial score (nSPS) is 17.5. The maximum atomic E-state index is 14.3. The van der Waals surface area contributed by atoms with Gasteiger partial charge in [-0.1, -0.05) is 51.7 Å². The molecule has 1 heterocycles. The van der Waals surface area contributed by atoms with Gasteiger partial charge in [0.05, 0.1) is 11.4 Å². The van der Waals surface area contributed by atoms with E-state index in [0.717, 1.165) is 42.7 Å². The summed E-state index contributed by atoms with van der Waals surface area (Å²) in [6.45, 7) is 11.3. The Labute approximate surface area is 160 Å². The van der Waals surface area contributed by atoms with Crippen LogP contribution in [0.5, 0.6) is 0 Å². The quantitative estimate of drug-likeness (QED) is 0.554. The van der Waals surface area contributed by atoms with Crippen LogP contribution in [0.2, 0.25) is 0 Å². The number of allylic oxidation sites excluding steroid dienone is 6. The summed E-state index contributed by atoms with van der Waals surface area (Å²) in [4.78, 5) is 2.00. The Morgan fingerprint density at radius 3 is 2.81 bits per heavy atom. The molecule has 26 heavy (non-hydrogen) atoms. The third-order valence-corrected chi connectivity index (χ3v) is 6.23. The van der Waals surface area contributed by atoms with Gasteiger partial charge < -0.3 is 5.32 Å². The van der Waals surface area contributed by atoms with Gasteiger partial charge in [-0.05, 0) is 60.0 Å². The first-order valence-electron chi connectivity index (χ1n) is 9.35. The molecule has 0 aromatic carbocycles. The van der Waals surface area contributed by atoms with E-state index in [2.05, 4.69) is 50.9 Å². The van der Waals surface area contributed by atoms with Crippen LogP contribution in [0.15, 0.2) is 48.2 Å². The molecule has 1 aromatic heterocycles. The van der Waals surface area contributed by atoms with Crippen LogP contribution in [0.1, 0.15) is 60.9 Å². The van der Waals surface area contributed by atoms with E-state index in [0.29, 0.717) is 0 Å². The van der Waals surface area contributed by atoms with Crippen LogP contribution >= 0.6 is 11.3 Å². The van der Waals surface area contributed by atoms with E-state index >= 15 is 0 Å². The largest absolute Gasteiger partial charge is 0.380 e. The minimum absolute atomic E-state index is 0.0667. The standard InChI is InChI=1S/C23H28FNS/c1-5-6-10-16-17-11-9-13-19(24)22(17)26-21(16)15-25-20-14-8-7-12-18(20)23(2,3)4/h5-6,8,10,13-14,25H,1,7,9,11-12,15H2,2-4H3/b10-6-. The van der Waals surface area contributed by atoms with E-state index in [4.69, 9.17) is 0 Å². The molecular weight excluding hydrogens is 341 g/mol. The maximum Gasteiger partial charge on any atom is 0.136 e. The zero-order valence-corrected chi connectivity index (χ0v) is 16.8. The molecule has 1 nitrogen and oxygen atoms in total. The molecule has 0 aliphatic heterocycles. The maximum absolute atomic E-state index is 14.3. The minimum atomic E-state index is -0.0667. The molecule has 0 saturated heterocycles. The molecule has 0 radical (unpaired) electrons. The molecule has 3 heteroatoms. The lowest BCUT2D eigenvalue weighted by Crippen LogP contribution is -2.21. The molecule has 0 spiro atoms. The van der Waals surface area contributed by atoms with Crippen LogP contribution in [0.3, 0.4) is 0 Å². The van der Waals surface area contributed by atoms with E-state index in [-0.39, 0.29) is 11.2 Å². The van der Waals surface area contributed by atoms with Gasteiger partial charge >= 0.3 is 0 Å². The number of nitrogens with one attached hydrogen (secondary N) is 1. The van der Waals surface area contributed by atoms with Crippen molar-refractivity contribution >= 4 is 23.2 Å². The van der Waals surface area contributed by atoms with Gasteiger partial charge in [-0.2, -0.15) is 0 Å². The predicted molar refractivity (Wildman–Crippen MR) is 113 cm³/mol. The smallest absolute Gasteiger partial charge is 0.136 e. The lowest BCUT2D eigenvalue weighted by Gasteiger charge is -2.28. The highest BCUT2D eigenvalue weighted by molar-refractivity contribution is 7.13. The second kappa shape index (κ2) is 7.79. The Bertz CT molecular complexity index is 812. The number of thiophene rings is 1. The van der Waals surface area contributed by atoms with E-state index in [1.165, 1.54) is 21.7 Å². The van der Waals surface area contributed by atoms with Gasteiger partial charge in [0.15, 0.2) is 0 Å². The molecular formula is C23H28FNS. The van der Waals surface area contributed by atoms with E-state index < -0.39 is 0 Å². The third kappa shape index (κ3) is 3.93. The van der Waals surface area contributed by atoms with Gasteiger partial charge in [0, 0.05) is 10.6 Å². The molecule has 1 N–H and O–H groups in total. The lowest BCUT2D eigenvalue weighted by atomic mass is 9.80. The van der Waals surface area contributed by atoms with Gasteiger partial charge in [-0.3, -0.25) is 0 Å². The van der Waals surface area contributed by atoms with Gasteiger partial charge in [-0.15, -0.1) is 11.3 Å². The molecule has 0 atom stereocenters. The van der Waals surface area contributed by atoms with Crippen molar-refractivity contribution in [3.05, 3.63) is 69.1 Å². The summed E-state index contributed by atoms with van der Waals surface area (Å²) in [5.41, 5.74) is 5.16. The van der Waals surface area contributed by atoms with Crippen molar-refractivity contribution in [2.75, 3.05) is 0 Å². The monoisotopic (exact) mass is 369 g/mol. The first kappa shape index (κ1) is 18.9. The first-order chi connectivity index (χ1) is 12.4. The number of fused-ring (bicyclic) bond motifs is 1. The molecule has 0 amide bonds. The second-order valence-corrected chi connectivity index (χ2v) is 8.97. The van der Waals surface area contributed by atoms with Crippen LogP contribution in [-0.4, -0.2) is 0 Å². The fraction of sp³-hybridized carbons (Fsp3) is 0.391. The van der Waals surface area contributed by atoms with Gasteiger partial charge in [0.25, 0.3) is 0 Å². The molecule has 2 aliphatic carbocycles. The highest BCUT2D eigenvalue weighted by atomic mass is 32.1. The van der Waals surface area contributed by atoms with Crippen molar-refractivity contribution in [3.8, 4) is 0 Å². The minimum Gasteiger partial charge on any atom is -0.380 e. The van der Waals surface area contributed by atoms with Crippen molar-refractivity contribution in [3.63, 3.8) is 0 Å². The van der Waals surface area contributed by atoms with Gasteiger partial charge in [-0.25, -0.2) is 4.39 Å². The third-order valence-electron chi connectivity index (χ3n) is 4.97. The molecule has 2 aliphatic rings. The predicted octanol–water partition coefficient (Wildman–Crippen LogP) is 6.94. The van der Waals surface area contributed by atoms with Crippen LogP contribution < -0.4 is 5.32 Å². The van der Waals surface area contributed by atoms with Crippen LogP contribution in [0.4, 0.5) is 4.39 Å². The Morgan fingerprint density at radius 2 is 2.08 bits per heavy atom. The van der Waals surface area contributed by atoms with Crippen LogP contribution in [-0.2, 0) is 13.0 Å². The number of halogens is 1. The molecule has 0 bridgehead atoms. The van der Waals surface area contributed by atoms with Gasteiger partial charge in [0.2, 0.25) is 0 Å². The highest BCUT2D eigenvalue weighted by Gasteiger charge is 2.24. The van der Waals surface area contributed by atoms with Crippen molar-refractivity contribution in [1.29, 1.82) is 0 Å². The Balaban J connectivity index is 1.91. The number of hydrogen-bond acceptors (Lipinski definition) is 2. The summed E-state index contributed by atoms with van der Waals surface area (Å²) in [5, 5.41) is 3.64. The summed E-state index contributed by atoms with van der Waals surface area (Å²) in [6, 6.07) is 0. The fourth-order valence-corrected chi connectivity index (χ4v) is 4.89. The first-order valence-corrected chi connectivity index (χ1v) is 10.2. The zero-order chi connectivity index (χ0) is 18.7. The molecule has 0 unspecified atom stereocenters. The van der Waals surface area contributed by atoms with Crippen molar-refractivity contribution in [2.24, 2.45) is 5.41 Å². The van der Waals surface area contributed by atoms with Gasteiger partial charge in [0.1, 0.15) is 5.83 Å². The summed E-state index contributed by atoms with van der Waals surface area (Å²) in [6.07, 6.45) is 15.8. The van der Waals surface area contributed by atoms with Crippen LogP contribution in [0.25, 0.3) is 11.9 Å². The zero-order valence-electron chi connectivity index (χ0n) is 16.0. The van der Waals surface area contributed by atoms with E-state index in [1.807, 2.05) is 6.08 Å². The lowest BCUT2D eigenvalue weighted by molar-refractivity contribution is 0.470. The summed E-state index contributed by atoms with van der Waals surface area (Å²) < 4.78 is 14.3. The summed E-state index contributed by atoms with van der Waals surface area (Å²) in [5.74, 6) is -0.0667. The Hall–Kier alpha value is -1.87. The Kier molecular flexibility index (Phi) is 5.67. The van der Waals surface area contributed by atoms with Crippen molar-refractivity contribution in [2.45, 2.75) is 53.0 Å². The number of hydrogen-bond donors (Lipinski definition) is 1. The topological polar surface area (TPSA) is 12.0 Å². The Morgan fingerprint density at radius 1 is 1.27 bits per heavy atom. The van der Waals surface area contributed by atoms with Crippen molar-refractivity contribution in [1.82, 2.24) is 5.32 Å². The van der Waals surface area contributed by atoms with Crippen molar-refractivity contribution < 1.29 is 4.39 Å². The SMILES string of the molecule is C=C/C=C\c1c(CNC2=C(C(C)(C)C)CCC=C2)sc2c1CCC=C2F. The molecule has 1 aromatic rings. The fourth-order valence-electron chi connectivity index (χ4n) is 3.68. The van der Waals surface area contributed by atoms with E-state index in [1.54, 1.807) is 23.5 Å². The summed E-state index contributed by atoms with van der Waals surface area (Å²) in [7, 11) is 0. The average Bonchev–Trinajstić information content (AvgIpc) is 2.96.